The van der Waals surface area contributed by atoms with Crippen LogP contribution in [0.1, 0.15) is 24.8 Å². The van der Waals surface area contributed by atoms with Crippen LogP contribution in [0.15, 0.2) is 59.2 Å². The molecule has 2 heterocycles. The van der Waals surface area contributed by atoms with Crippen LogP contribution >= 0.6 is 11.3 Å². The third-order valence-electron chi connectivity index (χ3n) is 8.06. The molecule has 4 aromatic rings. The van der Waals surface area contributed by atoms with E-state index < -0.39 is 0 Å². The Morgan fingerprint density at radius 1 is 1.05 bits per heavy atom. The number of nitrogen functional groups attached to an aromatic ring is 1. The minimum atomic E-state index is -0.165. The number of carbonyl (C=O) groups is 1. The van der Waals surface area contributed by atoms with E-state index in [0.717, 1.165) is 23.5 Å². The fraction of sp³-hybridized carbons (Fsp3) is 0.312. The van der Waals surface area contributed by atoms with Gasteiger partial charge in [0.05, 0.1) is 21.3 Å². The molecule has 2 aliphatic carbocycles. The van der Waals surface area contributed by atoms with Gasteiger partial charge in [0, 0.05) is 29.1 Å². The zero-order valence-electron chi connectivity index (χ0n) is 24.9. The monoisotopic (exact) mass is 614 g/mol. The molecule has 44 heavy (non-hydrogen) atoms. The molecule has 1 amide bonds. The standard InChI is InChI=1S/C32H34N6O5S/c1-17-5-11-21(34-26(39)12-10-19-8-6-18-7-9-20(19)13-18)14-23(17)30-37-31(43-38-30)28-29(33)36-32(44-28)35-22-15-24(40-2)27(42-4)25(16-22)41-3/h5,7,9-12,14-16,18-20H,6,8,13,33H2,1-4H3,(H,34,39)(H,35,36)/t18-,19?,20+/m0/s1. The number of hydrogen-bond acceptors (Lipinski definition) is 11. The lowest BCUT2D eigenvalue weighted by Crippen LogP contribution is -2.17. The summed E-state index contributed by atoms with van der Waals surface area (Å²) in [7, 11) is 4.65. The van der Waals surface area contributed by atoms with Gasteiger partial charge < -0.3 is 35.1 Å². The van der Waals surface area contributed by atoms with Crippen molar-refractivity contribution in [3.05, 3.63) is 60.2 Å². The van der Waals surface area contributed by atoms with Crippen LogP contribution in [0.5, 0.6) is 17.2 Å². The van der Waals surface area contributed by atoms with Gasteiger partial charge >= 0.3 is 0 Å². The highest BCUT2D eigenvalue weighted by Gasteiger charge is 2.30. The molecule has 0 saturated heterocycles. The van der Waals surface area contributed by atoms with Crippen molar-refractivity contribution in [2.75, 3.05) is 37.7 Å². The molecule has 2 aromatic carbocycles. The van der Waals surface area contributed by atoms with E-state index in [1.165, 1.54) is 24.2 Å². The SMILES string of the molecule is COc1cc(Nc2nc(N)c(-c3nc(-c4cc(NC(=O)C=CC5CC[C@H]6C=C[C@@H]5C6)ccc4C)no3)s2)cc(OC)c1OC. The van der Waals surface area contributed by atoms with Gasteiger partial charge in [-0.2, -0.15) is 4.98 Å². The van der Waals surface area contributed by atoms with Gasteiger partial charge in [-0.3, -0.25) is 4.79 Å². The maximum absolute atomic E-state index is 12.7. The number of carbonyl (C=O) groups excluding carboxylic acids is 1. The predicted molar refractivity (Wildman–Crippen MR) is 171 cm³/mol. The Morgan fingerprint density at radius 3 is 2.59 bits per heavy atom. The Hall–Kier alpha value is -4.84. The van der Waals surface area contributed by atoms with E-state index in [-0.39, 0.29) is 17.6 Å². The topological polar surface area (TPSA) is 147 Å². The number of benzene rings is 2. The summed E-state index contributed by atoms with van der Waals surface area (Å²) in [6.45, 7) is 1.95. The summed E-state index contributed by atoms with van der Waals surface area (Å²) < 4.78 is 21.9. The first kappa shape index (κ1) is 29.2. The summed E-state index contributed by atoms with van der Waals surface area (Å²) in [4.78, 5) is 22.3. The van der Waals surface area contributed by atoms with Crippen molar-refractivity contribution >= 4 is 39.6 Å². The molecule has 4 N–H and O–H groups in total. The number of nitrogens with one attached hydrogen (secondary N) is 2. The van der Waals surface area contributed by atoms with E-state index in [2.05, 4.69) is 44.0 Å². The van der Waals surface area contributed by atoms with E-state index in [0.29, 0.717) is 56.3 Å². The highest BCUT2D eigenvalue weighted by Crippen LogP contribution is 2.43. The number of thiazole rings is 1. The molecule has 1 saturated carbocycles. The Kier molecular flexibility index (Phi) is 8.25. The second-order valence-electron chi connectivity index (χ2n) is 10.9. The molecule has 1 unspecified atom stereocenters. The van der Waals surface area contributed by atoms with Gasteiger partial charge in [0.1, 0.15) is 10.7 Å². The minimum Gasteiger partial charge on any atom is -0.493 e. The molecule has 1 fully saturated rings. The number of rotatable bonds is 10. The molecule has 228 valence electrons. The number of nitrogens with zero attached hydrogens (tertiary/aromatic N) is 3. The lowest BCUT2D eigenvalue weighted by Gasteiger charge is -2.26. The highest BCUT2D eigenvalue weighted by atomic mass is 32.1. The van der Waals surface area contributed by atoms with Gasteiger partial charge in [-0.25, -0.2) is 4.98 Å². The van der Waals surface area contributed by atoms with Crippen LogP contribution in [-0.2, 0) is 4.79 Å². The Morgan fingerprint density at radius 2 is 1.84 bits per heavy atom. The maximum Gasteiger partial charge on any atom is 0.272 e. The molecular weight excluding hydrogens is 580 g/mol. The van der Waals surface area contributed by atoms with Crippen LogP contribution in [0.3, 0.4) is 0 Å². The summed E-state index contributed by atoms with van der Waals surface area (Å²) in [6, 6.07) is 9.15. The van der Waals surface area contributed by atoms with Crippen molar-refractivity contribution in [1.29, 1.82) is 0 Å². The van der Waals surface area contributed by atoms with Gasteiger partial charge in [0.25, 0.3) is 5.89 Å². The first-order valence-electron chi connectivity index (χ1n) is 14.3. The van der Waals surface area contributed by atoms with E-state index >= 15 is 0 Å². The van der Waals surface area contributed by atoms with E-state index in [1.807, 2.05) is 25.1 Å². The van der Waals surface area contributed by atoms with E-state index in [1.54, 1.807) is 39.5 Å². The molecule has 2 bridgehead atoms. The second-order valence-corrected chi connectivity index (χ2v) is 11.9. The van der Waals surface area contributed by atoms with Crippen LogP contribution in [0.25, 0.3) is 22.2 Å². The van der Waals surface area contributed by atoms with E-state index in [9.17, 15) is 4.79 Å². The summed E-state index contributed by atoms with van der Waals surface area (Å²) in [6.07, 6.45) is 11.8. The lowest BCUT2D eigenvalue weighted by molar-refractivity contribution is -0.111. The third kappa shape index (κ3) is 5.98. The molecule has 3 atom stereocenters. The molecule has 12 heteroatoms. The average Bonchev–Trinajstić information content (AvgIpc) is 3.76. The van der Waals surface area contributed by atoms with E-state index in [4.69, 9.17) is 24.5 Å². The van der Waals surface area contributed by atoms with Crippen molar-refractivity contribution < 1.29 is 23.5 Å². The predicted octanol–water partition coefficient (Wildman–Crippen LogP) is 6.62. The number of nitrogens with two attached hydrogens (primary N) is 1. The fourth-order valence-corrected chi connectivity index (χ4v) is 6.60. The number of fused-ring (bicyclic) bond motifs is 2. The average molecular weight is 615 g/mol. The Balaban J connectivity index is 1.17. The molecular formula is C32H34N6O5S. The first-order valence-corrected chi connectivity index (χ1v) is 15.1. The molecule has 0 aliphatic heterocycles. The van der Waals surface area contributed by atoms with Crippen LogP contribution < -0.4 is 30.6 Å². The highest BCUT2D eigenvalue weighted by molar-refractivity contribution is 7.19. The molecule has 0 radical (unpaired) electrons. The van der Waals surface area contributed by atoms with Crippen LogP contribution in [-0.4, -0.2) is 42.4 Å². The first-order chi connectivity index (χ1) is 21.3. The van der Waals surface area contributed by atoms with Gasteiger partial charge in [0.2, 0.25) is 17.5 Å². The van der Waals surface area contributed by atoms with Crippen molar-refractivity contribution in [2.45, 2.75) is 26.2 Å². The lowest BCUT2D eigenvalue weighted by atomic mass is 9.79. The van der Waals surface area contributed by atoms with Crippen molar-refractivity contribution in [3.63, 3.8) is 0 Å². The van der Waals surface area contributed by atoms with Gasteiger partial charge in [-0.1, -0.05) is 40.8 Å². The summed E-state index contributed by atoms with van der Waals surface area (Å²) in [5.74, 6) is 3.85. The third-order valence-corrected chi connectivity index (χ3v) is 9.03. The number of anilines is 4. The molecule has 11 nitrogen and oxygen atoms in total. The van der Waals surface area contributed by atoms with Gasteiger partial charge in [0.15, 0.2) is 16.6 Å². The van der Waals surface area contributed by atoms with Crippen LogP contribution in [0, 0.1) is 24.7 Å². The molecule has 6 rings (SSSR count). The number of methoxy groups -OCH3 is 3. The Bertz CT molecular complexity index is 1720. The number of aryl methyl sites for hydroxylation is 1. The maximum atomic E-state index is 12.7. The smallest absolute Gasteiger partial charge is 0.272 e. The zero-order chi connectivity index (χ0) is 30.8. The summed E-state index contributed by atoms with van der Waals surface area (Å²) in [5, 5.41) is 10.9. The van der Waals surface area contributed by atoms with Crippen LogP contribution in [0.2, 0.25) is 0 Å². The zero-order valence-corrected chi connectivity index (χ0v) is 25.7. The minimum absolute atomic E-state index is 0.165. The van der Waals surface area contributed by atoms with Crippen molar-refractivity contribution in [3.8, 4) is 39.4 Å². The number of ether oxygens (including phenoxy) is 3. The fourth-order valence-electron chi connectivity index (χ4n) is 5.77. The summed E-state index contributed by atoms with van der Waals surface area (Å²) >= 11 is 1.26. The van der Waals surface area contributed by atoms with Crippen LogP contribution in [0.4, 0.5) is 22.3 Å². The molecule has 2 aromatic heterocycles. The summed E-state index contributed by atoms with van der Waals surface area (Å²) in [5.41, 5.74) is 9.22. The largest absolute Gasteiger partial charge is 0.493 e. The molecule has 0 spiro atoms. The van der Waals surface area contributed by atoms with Crippen molar-refractivity contribution in [1.82, 2.24) is 15.1 Å². The number of amides is 1. The Labute approximate surface area is 259 Å². The van der Waals surface area contributed by atoms with Gasteiger partial charge in [-0.05, 0) is 67.7 Å². The van der Waals surface area contributed by atoms with Gasteiger partial charge in [-0.15, -0.1) is 0 Å². The second kappa shape index (κ2) is 12.4. The normalized spacial score (nSPS) is 18.9. The molecule has 2 aliphatic rings. The number of hydrogen-bond donors (Lipinski definition) is 3. The van der Waals surface area contributed by atoms with Crippen molar-refractivity contribution in [2.24, 2.45) is 17.8 Å². The number of allylic oxidation sites excluding steroid dienone is 3. The number of aromatic nitrogens is 3. The quantitative estimate of drug-likeness (QED) is 0.132.